The van der Waals surface area contributed by atoms with Crippen molar-refractivity contribution in [3.63, 3.8) is 0 Å². The third kappa shape index (κ3) is 3.59. The fourth-order valence-electron chi connectivity index (χ4n) is 2.78. The maximum atomic E-state index is 6.03. The van der Waals surface area contributed by atoms with Crippen molar-refractivity contribution >= 4 is 0 Å². The highest BCUT2D eigenvalue weighted by atomic mass is 16.5. The molecule has 2 aromatic heterocycles. The molecule has 0 N–H and O–H groups in total. The second-order valence-electron chi connectivity index (χ2n) is 5.94. The molecule has 6 nitrogen and oxygen atoms in total. The van der Waals surface area contributed by atoms with Crippen molar-refractivity contribution < 1.29 is 9.47 Å². The highest BCUT2D eigenvalue weighted by molar-refractivity contribution is 5.40. The molecule has 0 spiro atoms. The van der Waals surface area contributed by atoms with Crippen LogP contribution in [0.4, 0.5) is 0 Å². The normalized spacial score (nSPS) is 14.0. The van der Waals surface area contributed by atoms with E-state index >= 15 is 0 Å². The average Bonchev–Trinajstić information content (AvgIpc) is 2.63. The van der Waals surface area contributed by atoms with Gasteiger partial charge in [0.15, 0.2) is 0 Å². The van der Waals surface area contributed by atoms with Gasteiger partial charge in [-0.1, -0.05) is 12.1 Å². The maximum Gasteiger partial charge on any atom is 0.227 e. The van der Waals surface area contributed by atoms with E-state index < -0.39 is 0 Å². The summed E-state index contributed by atoms with van der Waals surface area (Å²) in [5.41, 5.74) is 2.11. The molecule has 0 bridgehead atoms. The van der Waals surface area contributed by atoms with Crippen molar-refractivity contribution in [3.8, 4) is 23.3 Å². The Bertz CT molecular complexity index is 870. The van der Waals surface area contributed by atoms with Crippen molar-refractivity contribution in [2.24, 2.45) is 0 Å². The van der Waals surface area contributed by atoms with Crippen molar-refractivity contribution in [1.29, 1.82) is 0 Å². The van der Waals surface area contributed by atoms with Gasteiger partial charge in [0.1, 0.15) is 17.8 Å². The number of hydrogen-bond acceptors (Lipinski definition) is 6. The van der Waals surface area contributed by atoms with E-state index in [-0.39, 0.29) is 0 Å². The van der Waals surface area contributed by atoms with Crippen LogP contribution in [0.15, 0.2) is 55.0 Å². The predicted octanol–water partition coefficient (Wildman–Crippen LogP) is 3.44. The molecule has 126 valence electrons. The summed E-state index contributed by atoms with van der Waals surface area (Å²) < 4.78 is 11.8. The van der Waals surface area contributed by atoms with E-state index in [1.807, 2.05) is 42.5 Å². The van der Waals surface area contributed by atoms with Gasteiger partial charge >= 0.3 is 0 Å². The second-order valence-corrected chi connectivity index (χ2v) is 5.94. The van der Waals surface area contributed by atoms with Crippen LogP contribution in [0.1, 0.15) is 11.3 Å². The molecule has 0 saturated carbocycles. The summed E-state index contributed by atoms with van der Waals surface area (Å²) in [7, 11) is 2.08. The van der Waals surface area contributed by atoms with Crippen molar-refractivity contribution in [2.45, 2.75) is 13.0 Å². The number of likely N-dealkylation sites (N-methyl/N-ethyl adjacent to an activating group) is 1. The molecule has 6 heteroatoms. The van der Waals surface area contributed by atoms with Gasteiger partial charge in [-0.25, -0.2) is 15.0 Å². The van der Waals surface area contributed by atoms with E-state index in [1.54, 1.807) is 12.5 Å². The van der Waals surface area contributed by atoms with E-state index in [1.165, 1.54) is 0 Å². The lowest BCUT2D eigenvalue weighted by Gasteiger charge is -2.25. The van der Waals surface area contributed by atoms with Gasteiger partial charge in [-0.05, 0) is 25.2 Å². The molecular formula is C19H18N4O2. The van der Waals surface area contributed by atoms with Crippen molar-refractivity contribution in [1.82, 2.24) is 19.9 Å². The topological polar surface area (TPSA) is 60.4 Å². The van der Waals surface area contributed by atoms with Gasteiger partial charge in [0, 0.05) is 37.8 Å². The van der Waals surface area contributed by atoms with Gasteiger partial charge in [0.25, 0.3) is 0 Å². The Kier molecular flexibility index (Phi) is 4.26. The first-order chi connectivity index (χ1) is 12.3. The molecule has 3 aromatic rings. The largest absolute Gasteiger partial charge is 0.439 e. The molecular weight excluding hydrogens is 316 g/mol. The summed E-state index contributed by atoms with van der Waals surface area (Å²) in [5.74, 6) is 2.48. The quantitative estimate of drug-likeness (QED) is 0.728. The number of fused-ring (bicyclic) bond motifs is 1. The van der Waals surface area contributed by atoms with E-state index in [0.717, 1.165) is 30.8 Å². The molecule has 0 radical (unpaired) electrons. The van der Waals surface area contributed by atoms with Crippen molar-refractivity contribution in [2.75, 3.05) is 13.6 Å². The Labute approximate surface area is 146 Å². The number of ether oxygens (including phenoxy) is 2. The summed E-state index contributed by atoms with van der Waals surface area (Å²) in [6.45, 7) is 1.78. The highest BCUT2D eigenvalue weighted by Crippen LogP contribution is 2.30. The van der Waals surface area contributed by atoms with Gasteiger partial charge in [0.2, 0.25) is 11.8 Å². The van der Waals surface area contributed by atoms with Crippen LogP contribution in [-0.4, -0.2) is 33.4 Å². The summed E-state index contributed by atoms with van der Waals surface area (Å²) in [6.07, 6.45) is 4.17. The summed E-state index contributed by atoms with van der Waals surface area (Å²) >= 11 is 0. The number of rotatable bonds is 4. The van der Waals surface area contributed by atoms with Gasteiger partial charge in [-0.2, -0.15) is 0 Å². The standard InChI is InChI=1S/C19H18N4O2/c1-23-10-8-17-16(12-23)19(22-13-21-17)25-15-6-4-5-14(11-15)24-18-7-2-3-9-20-18/h2-7,9,11,13H,8,10,12H2,1H3. The Morgan fingerprint density at radius 3 is 2.68 bits per heavy atom. The number of nitrogens with zero attached hydrogens (tertiary/aromatic N) is 4. The van der Waals surface area contributed by atoms with Crippen LogP contribution in [0, 0.1) is 0 Å². The van der Waals surface area contributed by atoms with Crippen LogP contribution in [0.25, 0.3) is 0 Å². The highest BCUT2D eigenvalue weighted by Gasteiger charge is 2.20. The third-order valence-electron chi connectivity index (χ3n) is 4.03. The lowest BCUT2D eigenvalue weighted by molar-refractivity contribution is 0.300. The minimum atomic E-state index is 0.542. The summed E-state index contributed by atoms with van der Waals surface area (Å²) in [5, 5.41) is 0. The SMILES string of the molecule is CN1CCc2ncnc(Oc3cccc(Oc4ccccn4)c3)c2C1. The molecule has 1 aliphatic rings. The maximum absolute atomic E-state index is 6.03. The zero-order valence-electron chi connectivity index (χ0n) is 13.9. The molecule has 1 aliphatic heterocycles. The summed E-state index contributed by atoms with van der Waals surface area (Å²) in [4.78, 5) is 15.1. The first-order valence-electron chi connectivity index (χ1n) is 8.16. The molecule has 0 aliphatic carbocycles. The van der Waals surface area contributed by atoms with E-state index in [4.69, 9.17) is 9.47 Å². The monoisotopic (exact) mass is 334 g/mol. The molecule has 0 atom stereocenters. The predicted molar refractivity (Wildman–Crippen MR) is 92.9 cm³/mol. The second kappa shape index (κ2) is 6.86. The lowest BCUT2D eigenvalue weighted by Crippen LogP contribution is -2.27. The van der Waals surface area contributed by atoms with Crippen LogP contribution >= 0.6 is 0 Å². The Morgan fingerprint density at radius 2 is 1.84 bits per heavy atom. The Balaban J connectivity index is 1.57. The van der Waals surface area contributed by atoms with Gasteiger partial charge < -0.3 is 14.4 Å². The average molecular weight is 334 g/mol. The molecule has 3 heterocycles. The smallest absolute Gasteiger partial charge is 0.227 e. The first-order valence-corrected chi connectivity index (χ1v) is 8.16. The van der Waals surface area contributed by atoms with Crippen LogP contribution in [0.3, 0.4) is 0 Å². The first kappa shape index (κ1) is 15.5. The van der Waals surface area contributed by atoms with E-state index in [0.29, 0.717) is 23.3 Å². The van der Waals surface area contributed by atoms with Crippen molar-refractivity contribution in [3.05, 3.63) is 66.2 Å². The van der Waals surface area contributed by atoms with Gasteiger partial charge in [0.05, 0.1) is 11.3 Å². The Morgan fingerprint density at radius 1 is 0.960 bits per heavy atom. The third-order valence-corrected chi connectivity index (χ3v) is 4.03. The van der Waals surface area contributed by atoms with Crippen LogP contribution in [0.5, 0.6) is 23.3 Å². The number of benzene rings is 1. The molecule has 0 unspecified atom stereocenters. The molecule has 1 aromatic carbocycles. The van der Waals surface area contributed by atoms with Crippen LogP contribution in [0.2, 0.25) is 0 Å². The summed E-state index contributed by atoms with van der Waals surface area (Å²) in [6, 6.07) is 13.0. The molecule has 0 amide bonds. The molecule has 0 fully saturated rings. The lowest BCUT2D eigenvalue weighted by atomic mass is 10.1. The molecule has 4 rings (SSSR count). The number of pyridine rings is 1. The zero-order valence-corrected chi connectivity index (χ0v) is 13.9. The Hall–Kier alpha value is -2.99. The van der Waals surface area contributed by atoms with E-state index in [2.05, 4.69) is 26.9 Å². The van der Waals surface area contributed by atoms with Gasteiger partial charge in [-0.15, -0.1) is 0 Å². The number of hydrogen-bond donors (Lipinski definition) is 0. The zero-order chi connectivity index (χ0) is 17.1. The minimum absolute atomic E-state index is 0.542. The fraction of sp³-hybridized carbons (Fsp3) is 0.211. The number of aromatic nitrogens is 3. The molecule has 25 heavy (non-hydrogen) atoms. The minimum Gasteiger partial charge on any atom is -0.439 e. The molecule has 0 saturated heterocycles. The van der Waals surface area contributed by atoms with Gasteiger partial charge in [-0.3, -0.25) is 0 Å². The fourth-order valence-corrected chi connectivity index (χ4v) is 2.78. The van der Waals surface area contributed by atoms with E-state index in [9.17, 15) is 0 Å². The van der Waals surface area contributed by atoms with Crippen LogP contribution < -0.4 is 9.47 Å². The van der Waals surface area contributed by atoms with Crippen LogP contribution in [-0.2, 0) is 13.0 Å².